The summed E-state index contributed by atoms with van der Waals surface area (Å²) >= 11 is 0. The standard InChI is InChI=1S/C14H17F2N3O4/c15-9-1-2-12(10(16)7-9)18-3-5-19(6-4-18)13(21)11(8-20)17-14(22)23/h1-2,7,11,17,20H,3-6,8H2,(H,22,23)/t11-/m0/s1. The van der Waals surface area contributed by atoms with E-state index >= 15 is 0 Å². The minimum absolute atomic E-state index is 0.244. The molecule has 1 saturated heterocycles. The number of anilines is 1. The fraction of sp³-hybridized carbons (Fsp3) is 0.429. The van der Waals surface area contributed by atoms with Crippen LogP contribution >= 0.6 is 0 Å². The fourth-order valence-electron chi connectivity index (χ4n) is 2.46. The monoisotopic (exact) mass is 329 g/mol. The first-order chi connectivity index (χ1) is 10.9. The molecule has 0 saturated carbocycles. The molecule has 1 atom stereocenters. The normalized spacial score (nSPS) is 16.1. The summed E-state index contributed by atoms with van der Waals surface area (Å²) < 4.78 is 26.7. The molecule has 1 aliphatic rings. The van der Waals surface area contributed by atoms with E-state index in [1.807, 2.05) is 5.32 Å². The molecule has 1 aliphatic heterocycles. The van der Waals surface area contributed by atoms with Crippen LogP contribution in [0, 0.1) is 11.6 Å². The second kappa shape index (κ2) is 7.23. The van der Waals surface area contributed by atoms with Gasteiger partial charge in [0.05, 0.1) is 12.3 Å². The molecule has 0 aromatic heterocycles. The Labute approximate surface area is 131 Å². The quantitative estimate of drug-likeness (QED) is 0.736. The molecule has 2 amide bonds. The second-order valence-corrected chi connectivity index (χ2v) is 5.09. The van der Waals surface area contributed by atoms with Gasteiger partial charge in [-0.15, -0.1) is 0 Å². The lowest BCUT2D eigenvalue weighted by atomic mass is 10.2. The van der Waals surface area contributed by atoms with Crippen LogP contribution in [0.1, 0.15) is 0 Å². The Hall–Kier alpha value is -2.42. The number of carbonyl (C=O) groups is 2. The molecule has 1 aromatic rings. The van der Waals surface area contributed by atoms with Gasteiger partial charge in [0.15, 0.2) is 0 Å². The molecular weight excluding hydrogens is 312 g/mol. The summed E-state index contributed by atoms with van der Waals surface area (Å²) in [6, 6.07) is 2.08. The highest BCUT2D eigenvalue weighted by molar-refractivity contribution is 5.85. The van der Waals surface area contributed by atoms with Gasteiger partial charge in [0.1, 0.15) is 17.7 Å². The SMILES string of the molecule is O=C(O)N[C@@H](CO)C(=O)N1CCN(c2ccc(F)cc2F)CC1. The predicted octanol–water partition coefficient (Wildman–Crippen LogP) is 0.242. The van der Waals surface area contributed by atoms with Gasteiger partial charge in [-0.05, 0) is 12.1 Å². The molecule has 1 aromatic carbocycles. The van der Waals surface area contributed by atoms with Gasteiger partial charge >= 0.3 is 6.09 Å². The molecule has 126 valence electrons. The lowest BCUT2D eigenvalue weighted by molar-refractivity contribution is -0.134. The van der Waals surface area contributed by atoms with E-state index in [0.717, 1.165) is 12.1 Å². The van der Waals surface area contributed by atoms with Crippen molar-refractivity contribution in [2.24, 2.45) is 0 Å². The Bertz CT molecular complexity index is 591. The molecule has 0 bridgehead atoms. The highest BCUT2D eigenvalue weighted by atomic mass is 19.1. The zero-order valence-electron chi connectivity index (χ0n) is 12.2. The molecule has 23 heavy (non-hydrogen) atoms. The van der Waals surface area contributed by atoms with E-state index in [1.165, 1.54) is 11.0 Å². The molecule has 1 fully saturated rings. The Kier molecular flexibility index (Phi) is 5.32. The van der Waals surface area contributed by atoms with Crippen LogP contribution in [0.15, 0.2) is 18.2 Å². The number of aliphatic hydroxyl groups is 1. The van der Waals surface area contributed by atoms with Crippen molar-refractivity contribution in [3.05, 3.63) is 29.8 Å². The van der Waals surface area contributed by atoms with E-state index in [1.54, 1.807) is 4.90 Å². The summed E-state index contributed by atoms with van der Waals surface area (Å²) in [5.74, 6) is -1.87. The third-order valence-electron chi connectivity index (χ3n) is 3.62. The van der Waals surface area contributed by atoms with Gasteiger partial charge < -0.3 is 25.3 Å². The third kappa shape index (κ3) is 4.07. The molecule has 2 rings (SSSR count). The van der Waals surface area contributed by atoms with E-state index in [9.17, 15) is 18.4 Å². The molecular formula is C14H17F2N3O4. The van der Waals surface area contributed by atoms with Gasteiger partial charge in [-0.3, -0.25) is 4.79 Å². The number of hydrogen-bond donors (Lipinski definition) is 3. The highest BCUT2D eigenvalue weighted by Crippen LogP contribution is 2.21. The summed E-state index contributed by atoms with van der Waals surface area (Å²) in [4.78, 5) is 25.8. The van der Waals surface area contributed by atoms with Gasteiger partial charge in [0, 0.05) is 32.2 Å². The van der Waals surface area contributed by atoms with Gasteiger partial charge in [0.25, 0.3) is 0 Å². The summed E-state index contributed by atoms with van der Waals surface area (Å²) in [5.41, 5.74) is 0.251. The first-order valence-corrected chi connectivity index (χ1v) is 7.01. The van der Waals surface area contributed by atoms with Crippen LogP contribution in [-0.2, 0) is 4.79 Å². The number of rotatable bonds is 4. The Morgan fingerprint density at radius 3 is 2.39 bits per heavy atom. The average molecular weight is 329 g/mol. The van der Waals surface area contributed by atoms with Crippen molar-refractivity contribution in [2.75, 3.05) is 37.7 Å². The number of halogens is 2. The van der Waals surface area contributed by atoms with Crippen molar-refractivity contribution < 1.29 is 28.6 Å². The van der Waals surface area contributed by atoms with Crippen LogP contribution in [0.3, 0.4) is 0 Å². The fourth-order valence-corrected chi connectivity index (χ4v) is 2.46. The minimum Gasteiger partial charge on any atom is -0.465 e. The van der Waals surface area contributed by atoms with E-state index in [0.29, 0.717) is 13.1 Å². The Morgan fingerprint density at radius 1 is 1.22 bits per heavy atom. The number of nitrogens with one attached hydrogen (secondary N) is 1. The van der Waals surface area contributed by atoms with E-state index in [2.05, 4.69) is 0 Å². The maximum Gasteiger partial charge on any atom is 0.405 e. The molecule has 1 heterocycles. The predicted molar refractivity (Wildman–Crippen MR) is 77.2 cm³/mol. The zero-order chi connectivity index (χ0) is 17.0. The van der Waals surface area contributed by atoms with Crippen LogP contribution in [-0.4, -0.2) is 65.9 Å². The van der Waals surface area contributed by atoms with Gasteiger partial charge in [-0.25, -0.2) is 13.6 Å². The smallest absolute Gasteiger partial charge is 0.405 e. The van der Waals surface area contributed by atoms with Gasteiger partial charge in [0.2, 0.25) is 5.91 Å². The maximum atomic E-state index is 13.7. The second-order valence-electron chi connectivity index (χ2n) is 5.09. The van der Waals surface area contributed by atoms with E-state index in [-0.39, 0.29) is 18.8 Å². The topological polar surface area (TPSA) is 93.1 Å². The first kappa shape index (κ1) is 16.9. The number of benzene rings is 1. The van der Waals surface area contributed by atoms with Crippen molar-refractivity contribution in [3.8, 4) is 0 Å². The summed E-state index contributed by atoms with van der Waals surface area (Å²) in [6.45, 7) is 0.484. The molecule has 0 aliphatic carbocycles. The number of aliphatic hydroxyl groups excluding tert-OH is 1. The number of amides is 2. The first-order valence-electron chi connectivity index (χ1n) is 7.01. The zero-order valence-corrected chi connectivity index (χ0v) is 12.2. The molecule has 7 nitrogen and oxygen atoms in total. The van der Waals surface area contributed by atoms with Crippen molar-refractivity contribution in [1.82, 2.24) is 10.2 Å². The number of nitrogens with zero attached hydrogens (tertiary/aromatic N) is 2. The maximum absolute atomic E-state index is 13.7. The van der Waals surface area contributed by atoms with Gasteiger partial charge in [-0.2, -0.15) is 0 Å². The van der Waals surface area contributed by atoms with Crippen LogP contribution in [0.25, 0.3) is 0 Å². The third-order valence-corrected chi connectivity index (χ3v) is 3.62. The summed E-state index contributed by atoms with van der Waals surface area (Å²) in [7, 11) is 0. The molecule has 3 N–H and O–H groups in total. The number of carbonyl (C=O) groups excluding carboxylic acids is 1. The minimum atomic E-state index is -1.40. The lowest BCUT2D eigenvalue weighted by Gasteiger charge is -2.37. The Balaban J connectivity index is 1.97. The highest BCUT2D eigenvalue weighted by Gasteiger charge is 2.28. The van der Waals surface area contributed by atoms with Gasteiger partial charge in [-0.1, -0.05) is 0 Å². The average Bonchev–Trinajstić information content (AvgIpc) is 2.52. The number of carboxylic acid groups (broad SMARTS) is 1. The van der Waals surface area contributed by atoms with E-state index < -0.39 is 36.3 Å². The van der Waals surface area contributed by atoms with Crippen LogP contribution in [0.4, 0.5) is 19.3 Å². The summed E-state index contributed by atoms with van der Waals surface area (Å²) in [5, 5.41) is 19.7. The van der Waals surface area contributed by atoms with E-state index in [4.69, 9.17) is 10.2 Å². The van der Waals surface area contributed by atoms with Crippen molar-refractivity contribution in [2.45, 2.75) is 6.04 Å². The van der Waals surface area contributed by atoms with Crippen LogP contribution < -0.4 is 10.2 Å². The molecule has 9 heteroatoms. The van der Waals surface area contributed by atoms with Crippen molar-refractivity contribution in [1.29, 1.82) is 0 Å². The number of piperazine rings is 1. The largest absolute Gasteiger partial charge is 0.465 e. The van der Waals surface area contributed by atoms with Crippen molar-refractivity contribution >= 4 is 17.7 Å². The summed E-state index contributed by atoms with van der Waals surface area (Å²) in [6.07, 6.45) is -1.40. The molecule has 0 radical (unpaired) electrons. The Morgan fingerprint density at radius 2 is 1.87 bits per heavy atom. The van der Waals surface area contributed by atoms with Crippen molar-refractivity contribution in [3.63, 3.8) is 0 Å². The molecule has 0 spiro atoms. The van der Waals surface area contributed by atoms with Crippen LogP contribution in [0.5, 0.6) is 0 Å². The number of hydrogen-bond acceptors (Lipinski definition) is 4. The lowest BCUT2D eigenvalue weighted by Crippen LogP contribution is -2.56. The van der Waals surface area contributed by atoms with Crippen LogP contribution in [0.2, 0.25) is 0 Å². The molecule has 0 unspecified atom stereocenters.